The van der Waals surface area contributed by atoms with E-state index in [1.54, 1.807) is 12.4 Å². The zero-order valence-electron chi connectivity index (χ0n) is 15.2. The Balaban J connectivity index is 1.48. The minimum Gasteiger partial charge on any atom is -0.332 e. The van der Waals surface area contributed by atoms with Gasteiger partial charge in [-0.1, -0.05) is 19.3 Å². The predicted octanol–water partition coefficient (Wildman–Crippen LogP) is 3.89. The van der Waals surface area contributed by atoms with E-state index in [1.807, 2.05) is 17.0 Å². The standard InChI is InChI=1S/C20H27N5O/c26-18(13-15-7-2-1-3-8-15)25-12-5-4-10-17(25)20-22-19(23-24-20)16-9-6-11-21-14-16/h6,9,11,14-15,17H,1-5,7-8,10,12-13H2,(H,22,23,24). The van der Waals surface area contributed by atoms with Crippen LogP contribution < -0.4 is 0 Å². The monoisotopic (exact) mass is 353 g/mol. The van der Waals surface area contributed by atoms with E-state index in [0.29, 0.717) is 24.1 Å². The van der Waals surface area contributed by atoms with Gasteiger partial charge >= 0.3 is 0 Å². The molecule has 138 valence electrons. The molecule has 1 unspecified atom stereocenters. The highest BCUT2D eigenvalue weighted by atomic mass is 16.2. The minimum atomic E-state index is 0.0257. The van der Waals surface area contributed by atoms with Crippen molar-refractivity contribution in [2.75, 3.05) is 6.54 Å². The first kappa shape index (κ1) is 17.2. The lowest BCUT2D eigenvalue weighted by atomic mass is 9.86. The van der Waals surface area contributed by atoms with Crippen molar-refractivity contribution in [1.82, 2.24) is 25.1 Å². The molecule has 1 atom stereocenters. The fraction of sp³-hybridized carbons (Fsp3) is 0.600. The number of hydrogen-bond donors (Lipinski definition) is 1. The van der Waals surface area contributed by atoms with Gasteiger partial charge in [-0.3, -0.25) is 14.9 Å². The number of nitrogens with zero attached hydrogens (tertiary/aromatic N) is 4. The molecule has 26 heavy (non-hydrogen) atoms. The summed E-state index contributed by atoms with van der Waals surface area (Å²) in [5.74, 6) is 2.32. The largest absolute Gasteiger partial charge is 0.332 e. The number of hydrogen-bond acceptors (Lipinski definition) is 4. The van der Waals surface area contributed by atoms with Crippen molar-refractivity contribution >= 4 is 5.91 Å². The lowest BCUT2D eigenvalue weighted by Crippen LogP contribution is -2.39. The van der Waals surface area contributed by atoms with Crippen LogP contribution in [-0.4, -0.2) is 37.5 Å². The molecule has 3 heterocycles. The number of nitrogens with one attached hydrogen (secondary N) is 1. The van der Waals surface area contributed by atoms with Gasteiger partial charge in [0.15, 0.2) is 5.82 Å². The van der Waals surface area contributed by atoms with E-state index >= 15 is 0 Å². The Kier molecular flexibility index (Phi) is 5.27. The molecule has 1 saturated carbocycles. The van der Waals surface area contributed by atoms with Gasteiger partial charge in [0.05, 0.1) is 6.04 Å². The Bertz CT molecular complexity index is 723. The number of rotatable bonds is 4. The third kappa shape index (κ3) is 3.79. The molecule has 4 rings (SSSR count). The van der Waals surface area contributed by atoms with E-state index in [-0.39, 0.29) is 6.04 Å². The summed E-state index contributed by atoms with van der Waals surface area (Å²) in [6.45, 7) is 0.832. The zero-order valence-corrected chi connectivity index (χ0v) is 15.2. The van der Waals surface area contributed by atoms with Crippen LogP contribution in [0.15, 0.2) is 24.5 Å². The van der Waals surface area contributed by atoms with E-state index < -0.39 is 0 Å². The quantitative estimate of drug-likeness (QED) is 0.905. The highest BCUT2D eigenvalue weighted by Crippen LogP contribution is 2.33. The predicted molar refractivity (Wildman–Crippen MR) is 99.1 cm³/mol. The smallest absolute Gasteiger partial charge is 0.223 e. The summed E-state index contributed by atoms with van der Waals surface area (Å²) in [5.41, 5.74) is 0.894. The lowest BCUT2D eigenvalue weighted by Gasteiger charge is -2.35. The van der Waals surface area contributed by atoms with Gasteiger partial charge in [-0.15, -0.1) is 0 Å². The molecular weight excluding hydrogens is 326 g/mol. The third-order valence-corrected chi connectivity index (χ3v) is 5.75. The summed E-state index contributed by atoms with van der Waals surface area (Å²) in [5, 5.41) is 7.44. The first-order valence-electron chi connectivity index (χ1n) is 9.93. The molecule has 1 aliphatic carbocycles. The van der Waals surface area contributed by atoms with Crippen LogP contribution >= 0.6 is 0 Å². The van der Waals surface area contributed by atoms with Crippen molar-refractivity contribution in [2.45, 2.75) is 63.8 Å². The molecule has 2 aliphatic rings. The summed E-state index contributed by atoms with van der Waals surface area (Å²) < 4.78 is 0. The molecule has 6 nitrogen and oxygen atoms in total. The van der Waals surface area contributed by atoms with Crippen molar-refractivity contribution < 1.29 is 4.79 Å². The van der Waals surface area contributed by atoms with Crippen molar-refractivity contribution in [3.63, 3.8) is 0 Å². The van der Waals surface area contributed by atoms with E-state index in [9.17, 15) is 4.79 Å². The van der Waals surface area contributed by atoms with E-state index in [0.717, 1.165) is 37.2 Å². The Morgan fingerprint density at radius 2 is 2.00 bits per heavy atom. The molecule has 1 saturated heterocycles. The van der Waals surface area contributed by atoms with Crippen LogP contribution in [-0.2, 0) is 4.79 Å². The number of likely N-dealkylation sites (tertiary alicyclic amines) is 1. The van der Waals surface area contributed by atoms with Crippen LogP contribution in [0, 0.1) is 5.92 Å². The summed E-state index contributed by atoms with van der Waals surface area (Å²) in [4.78, 5) is 23.8. The average molecular weight is 353 g/mol. The molecule has 1 aliphatic heterocycles. The number of aromatic nitrogens is 4. The number of pyridine rings is 1. The molecule has 0 aromatic carbocycles. The normalized spacial score (nSPS) is 21.7. The zero-order chi connectivity index (χ0) is 17.8. The number of amides is 1. The Morgan fingerprint density at radius 1 is 1.15 bits per heavy atom. The molecular formula is C20H27N5O. The van der Waals surface area contributed by atoms with Gasteiger partial charge in [0, 0.05) is 30.9 Å². The number of piperidine rings is 1. The van der Waals surface area contributed by atoms with Gasteiger partial charge in [0.2, 0.25) is 5.91 Å². The molecule has 2 aromatic heterocycles. The van der Waals surface area contributed by atoms with Crippen LogP contribution in [0.25, 0.3) is 11.4 Å². The van der Waals surface area contributed by atoms with Gasteiger partial charge in [-0.2, -0.15) is 5.10 Å². The van der Waals surface area contributed by atoms with Gasteiger partial charge in [-0.05, 0) is 50.2 Å². The van der Waals surface area contributed by atoms with Crippen molar-refractivity contribution in [3.8, 4) is 11.4 Å². The third-order valence-electron chi connectivity index (χ3n) is 5.75. The second-order valence-corrected chi connectivity index (χ2v) is 7.59. The van der Waals surface area contributed by atoms with Gasteiger partial charge < -0.3 is 4.90 Å². The summed E-state index contributed by atoms with van der Waals surface area (Å²) in [6.07, 6.45) is 13.6. The van der Waals surface area contributed by atoms with Crippen LogP contribution in [0.1, 0.15) is 69.7 Å². The van der Waals surface area contributed by atoms with Crippen LogP contribution in [0.4, 0.5) is 0 Å². The summed E-state index contributed by atoms with van der Waals surface area (Å²) in [6, 6.07) is 3.86. The Morgan fingerprint density at radius 3 is 2.81 bits per heavy atom. The molecule has 1 amide bonds. The lowest BCUT2D eigenvalue weighted by molar-refractivity contribution is -0.136. The van der Waals surface area contributed by atoms with Gasteiger partial charge in [0.25, 0.3) is 0 Å². The SMILES string of the molecule is O=C(CC1CCCCC1)N1CCCCC1c1nc(-c2cccnc2)n[nH]1. The molecule has 2 fully saturated rings. The topological polar surface area (TPSA) is 74.8 Å². The molecule has 0 spiro atoms. The van der Waals surface area contributed by atoms with E-state index in [4.69, 9.17) is 0 Å². The molecule has 0 bridgehead atoms. The molecule has 2 aromatic rings. The maximum atomic E-state index is 13.0. The maximum Gasteiger partial charge on any atom is 0.223 e. The number of H-pyrrole nitrogens is 1. The second kappa shape index (κ2) is 7.98. The first-order valence-corrected chi connectivity index (χ1v) is 9.93. The van der Waals surface area contributed by atoms with Crippen molar-refractivity contribution in [1.29, 1.82) is 0 Å². The number of aromatic amines is 1. The van der Waals surface area contributed by atoms with E-state index in [1.165, 1.54) is 32.1 Å². The summed E-state index contributed by atoms with van der Waals surface area (Å²) >= 11 is 0. The Labute approximate surface area is 154 Å². The first-order chi connectivity index (χ1) is 12.8. The van der Waals surface area contributed by atoms with E-state index in [2.05, 4.69) is 20.2 Å². The van der Waals surface area contributed by atoms with Gasteiger partial charge in [-0.25, -0.2) is 4.98 Å². The maximum absolute atomic E-state index is 13.0. The number of carbonyl (C=O) groups is 1. The Hall–Kier alpha value is -2.24. The highest BCUT2D eigenvalue weighted by molar-refractivity contribution is 5.77. The fourth-order valence-electron chi connectivity index (χ4n) is 4.32. The fourth-order valence-corrected chi connectivity index (χ4v) is 4.32. The highest BCUT2D eigenvalue weighted by Gasteiger charge is 2.31. The molecule has 1 N–H and O–H groups in total. The minimum absolute atomic E-state index is 0.0257. The average Bonchev–Trinajstić information content (AvgIpc) is 3.19. The van der Waals surface area contributed by atoms with Crippen LogP contribution in [0.3, 0.4) is 0 Å². The van der Waals surface area contributed by atoms with Crippen LogP contribution in [0.5, 0.6) is 0 Å². The second-order valence-electron chi connectivity index (χ2n) is 7.59. The molecule has 0 radical (unpaired) electrons. The molecule has 6 heteroatoms. The van der Waals surface area contributed by atoms with Crippen molar-refractivity contribution in [2.24, 2.45) is 5.92 Å². The summed E-state index contributed by atoms with van der Waals surface area (Å²) in [7, 11) is 0. The van der Waals surface area contributed by atoms with Crippen molar-refractivity contribution in [3.05, 3.63) is 30.4 Å². The van der Waals surface area contributed by atoms with Crippen LogP contribution in [0.2, 0.25) is 0 Å². The van der Waals surface area contributed by atoms with Gasteiger partial charge in [0.1, 0.15) is 5.82 Å². The number of carbonyl (C=O) groups excluding carboxylic acids is 1.